The van der Waals surface area contributed by atoms with Crippen LogP contribution < -0.4 is 5.32 Å². The first-order valence-electron chi connectivity index (χ1n) is 6.69. The van der Waals surface area contributed by atoms with Crippen molar-refractivity contribution >= 4 is 11.6 Å². The molecule has 0 unspecified atom stereocenters. The van der Waals surface area contributed by atoms with E-state index in [-0.39, 0.29) is 12.3 Å². The molecule has 1 aromatic heterocycles. The number of benzene rings is 1. The number of nitrogens with one attached hydrogen (secondary N) is 1. The maximum atomic E-state index is 11.8. The Kier molecular flexibility index (Phi) is 4.78. The van der Waals surface area contributed by atoms with E-state index in [1.54, 1.807) is 18.4 Å². The predicted molar refractivity (Wildman–Crippen MR) is 76.1 cm³/mol. The largest absolute Gasteiger partial charge is 0.469 e. The molecule has 1 aromatic carbocycles. The van der Waals surface area contributed by atoms with Crippen LogP contribution in [0.3, 0.4) is 0 Å². The zero-order valence-corrected chi connectivity index (χ0v) is 11.2. The molecule has 0 aliphatic rings. The Hall–Kier alpha value is -2.03. The van der Waals surface area contributed by atoms with Gasteiger partial charge in [0.25, 0.3) is 0 Å². The lowest BCUT2D eigenvalue weighted by Crippen LogP contribution is -2.13. The second-order valence-electron chi connectivity index (χ2n) is 4.60. The number of amides is 1. The predicted octanol–water partition coefficient (Wildman–Crippen LogP) is 3.80. The Morgan fingerprint density at radius 3 is 2.63 bits per heavy atom. The molecule has 1 amide bonds. The maximum Gasteiger partial charge on any atom is 0.231 e. The van der Waals surface area contributed by atoms with Gasteiger partial charge in [0.1, 0.15) is 5.76 Å². The van der Waals surface area contributed by atoms with E-state index in [1.807, 2.05) is 12.1 Å². The fraction of sp³-hybridized carbons (Fsp3) is 0.312. The lowest BCUT2D eigenvalue weighted by molar-refractivity contribution is -0.115. The van der Waals surface area contributed by atoms with Crippen LogP contribution in [0.4, 0.5) is 5.69 Å². The van der Waals surface area contributed by atoms with E-state index in [4.69, 9.17) is 4.42 Å². The highest BCUT2D eigenvalue weighted by atomic mass is 16.3. The Labute approximate surface area is 113 Å². The molecule has 0 radical (unpaired) electrons. The number of unbranched alkanes of at least 4 members (excludes halogenated alkanes) is 1. The summed E-state index contributed by atoms with van der Waals surface area (Å²) >= 11 is 0. The molecule has 2 aromatic rings. The third-order valence-electron chi connectivity index (χ3n) is 2.97. The van der Waals surface area contributed by atoms with Crippen molar-refractivity contribution in [2.45, 2.75) is 32.6 Å². The highest BCUT2D eigenvalue weighted by molar-refractivity contribution is 5.91. The molecule has 0 spiro atoms. The van der Waals surface area contributed by atoms with Crippen LogP contribution in [0.25, 0.3) is 0 Å². The zero-order valence-electron chi connectivity index (χ0n) is 11.2. The number of hydrogen-bond donors (Lipinski definition) is 1. The van der Waals surface area contributed by atoms with Gasteiger partial charge in [-0.2, -0.15) is 0 Å². The second kappa shape index (κ2) is 6.78. The summed E-state index contributed by atoms with van der Waals surface area (Å²) < 4.78 is 5.14. The standard InChI is InChI=1S/C16H19NO2/c1-2-3-5-13-7-9-14(10-8-13)17-16(18)12-15-6-4-11-19-15/h4,6-11H,2-3,5,12H2,1H3,(H,17,18). The van der Waals surface area contributed by atoms with E-state index >= 15 is 0 Å². The molecule has 0 bridgehead atoms. The summed E-state index contributed by atoms with van der Waals surface area (Å²) in [7, 11) is 0. The molecule has 3 nitrogen and oxygen atoms in total. The van der Waals surface area contributed by atoms with E-state index in [0.717, 1.165) is 12.1 Å². The first-order valence-corrected chi connectivity index (χ1v) is 6.69. The van der Waals surface area contributed by atoms with Crippen molar-refractivity contribution in [3.8, 4) is 0 Å². The average Bonchev–Trinajstić information content (AvgIpc) is 2.90. The Bertz CT molecular complexity index is 500. The SMILES string of the molecule is CCCCc1ccc(NC(=O)Cc2ccco2)cc1. The van der Waals surface area contributed by atoms with Crippen LogP contribution in [0.1, 0.15) is 31.1 Å². The molecule has 1 heterocycles. The van der Waals surface area contributed by atoms with Crippen LogP contribution in [-0.2, 0) is 17.6 Å². The summed E-state index contributed by atoms with van der Waals surface area (Å²) in [5, 5.41) is 2.86. The minimum atomic E-state index is -0.0590. The number of rotatable bonds is 6. The highest BCUT2D eigenvalue weighted by Crippen LogP contribution is 2.12. The van der Waals surface area contributed by atoms with Gasteiger partial charge in [0.05, 0.1) is 12.7 Å². The number of anilines is 1. The molecular weight excluding hydrogens is 238 g/mol. The van der Waals surface area contributed by atoms with Crippen LogP contribution in [0.15, 0.2) is 47.1 Å². The third kappa shape index (κ3) is 4.28. The van der Waals surface area contributed by atoms with E-state index in [9.17, 15) is 4.79 Å². The van der Waals surface area contributed by atoms with Gasteiger partial charge in [0.15, 0.2) is 0 Å². The molecule has 3 heteroatoms. The van der Waals surface area contributed by atoms with Crippen LogP contribution in [0.2, 0.25) is 0 Å². The first-order chi connectivity index (χ1) is 9.28. The number of aryl methyl sites for hydroxylation is 1. The van der Waals surface area contributed by atoms with E-state index < -0.39 is 0 Å². The van der Waals surface area contributed by atoms with Crippen LogP contribution in [0, 0.1) is 0 Å². The number of carbonyl (C=O) groups is 1. The third-order valence-corrected chi connectivity index (χ3v) is 2.97. The van der Waals surface area contributed by atoms with Gasteiger partial charge in [0.2, 0.25) is 5.91 Å². The molecule has 0 fully saturated rings. The van der Waals surface area contributed by atoms with Crippen molar-refractivity contribution in [3.05, 3.63) is 54.0 Å². The minimum Gasteiger partial charge on any atom is -0.469 e. The second-order valence-corrected chi connectivity index (χ2v) is 4.60. The molecule has 2 rings (SSSR count). The van der Waals surface area contributed by atoms with Crippen LogP contribution in [0.5, 0.6) is 0 Å². The molecule has 0 aliphatic carbocycles. The summed E-state index contributed by atoms with van der Waals surface area (Å²) in [5.41, 5.74) is 2.14. The number of furan rings is 1. The smallest absolute Gasteiger partial charge is 0.231 e. The Morgan fingerprint density at radius 1 is 1.21 bits per heavy atom. The molecule has 0 atom stereocenters. The fourth-order valence-corrected chi connectivity index (χ4v) is 1.91. The van der Waals surface area contributed by atoms with Crippen molar-refractivity contribution in [1.82, 2.24) is 0 Å². The van der Waals surface area contributed by atoms with Crippen molar-refractivity contribution in [2.24, 2.45) is 0 Å². The number of carbonyl (C=O) groups excluding carboxylic acids is 1. The van der Waals surface area contributed by atoms with Crippen molar-refractivity contribution in [1.29, 1.82) is 0 Å². The van der Waals surface area contributed by atoms with Crippen molar-refractivity contribution in [2.75, 3.05) is 5.32 Å². The Morgan fingerprint density at radius 2 is 2.00 bits per heavy atom. The molecule has 1 N–H and O–H groups in total. The molecule has 0 saturated heterocycles. The van der Waals surface area contributed by atoms with Crippen LogP contribution in [-0.4, -0.2) is 5.91 Å². The fourth-order valence-electron chi connectivity index (χ4n) is 1.91. The van der Waals surface area contributed by atoms with Gasteiger partial charge in [-0.25, -0.2) is 0 Å². The van der Waals surface area contributed by atoms with E-state index in [0.29, 0.717) is 5.76 Å². The van der Waals surface area contributed by atoms with E-state index in [2.05, 4.69) is 24.4 Å². The van der Waals surface area contributed by atoms with Gasteiger partial charge < -0.3 is 9.73 Å². The number of hydrogen-bond acceptors (Lipinski definition) is 2. The van der Waals surface area contributed by atoms with Gasteiger partial charge in [0, 0.05) is 5.69 Å². The highest BCUT2D eigenvalue weighted by Gasteiger charge is 2.05. The lowest BCUT2D eigenvalue weighted by atomic mass is 10.1. The van der Waals surface area contributed by atoms with Gasteiger partial charge in [-0.3, -0.25) is 4.79 Å². The summed E-state index contributed by atoms with van der Waals surface area (Å²) in [6, 6.07) is 11.6. The molecule has 19 heavy (non-hydrogen) atoms. The molecule has 0 saturated carbocycles. The minimum absolute atomic E-state index is 0.0590. The average molecular weight is 257 g/mol. The van der Waals surface area contributed by atoms with Gasteiger partial charge in [-0.05, 0) is 42.7 Å². The first kappa shape index (κ1) is 13.4. The zero-order chi connectivity index (χ0) is 13.5. The lowest BCUT2D eigenvalue weighted by Gasteiger charge is -2.05. The summed E-state index contributed by atoms with van der Waals surface area (Å²) in [5.74, 6) is 0.619. The van der Waals surface area contributed by atoms with Gasteiger partial charge in [-0.1, -0.05) is 25.5 Å². The quantitative estimate of drug-likeness (QED) is 0.855. The molecule has 100 valence electrons. The maximum absolute atomic E-state index is 11.8. The molecular formula is C16H19NO2. The van der Waals surface area contributed by atoms with E-state index in [1.165, 1.54) is 18.4 Å². The van der Waals surface area contributed by atoms with Crippen molar-refractivity contribution < 1.29 is 9.21 Å². The van der Waals surface area contributed by atoms with Gasteiger partial charge in [-0.15, -0.1) is 0 Å². The van der Waals surface area contributed by atoms with Crippen molar-refractivity contribution in [3.63, 3.8) is 0 Å². The van der Waals surface area contributed by atoms with Gasteiger partial charge >= 0.3 is 0 Å². The monoisotopic (exact) mass is 257 g/mol. The summed E-state index contributed by atoms with van der Waals surface area (Å²) in [4.78, 5) is 11.8. The van der Waals surface area contributed by atoms with Crippen LogP contribution >= 0.6 is 0 Å². The normalized spacial score (nSPS) is 10.4. The summed E-state index contributed by atoms with van der Waals surface area (Å²) in [6.45, 7) is 2.18. The topological polar surface area (TPSA) is 42.2 Å². The summed E-state index contributed by atoms with van der Waals surface area (Å²) in [6.07, 6.45) is 5.33. The molecule has 0 aliphatic heterocycles. The Balaban J connectivity index is 1.86.